The average Bonchev–Trinajstić information content (AvgIpc) is 2.51. The summed E-state index contributed by atoms with van der Waals surface area (Å²) in [4.78, 5) is 33.9. The number of carbonyl (C=O) groups is 2. The standard InChI is InChI=1S/C16H17F3N2O7/c1-15(2,3)28-14(23)20-11(13(22)26-4)7-9-5-6-10(27-16(17,18)19)8-12(9)21(24)25/h5-8H,1-4H3,(H,20,23)/b11-7-. The largest absolute Gasteiger partial charge is 0.573 e. The van der Waals surface area contributed by atoms with Crippen molar-refractivity contribution < 1.29 is 41.9 Å². The quantitative estimate of drug-likeness (QED) is 0.344. The number of alkyl halides is 3. The van der Waals surface area contributed by atoms with Gasteiger partial charge in [0.2, 0.25) is 0 Å². The normalized spacial score (nSPS) is 12.2. The first-order valence-electron chi connectivity index (χ1n) is 7.56. The number of nitrogens with one attached hydrogen (secondary N) is 1. The molecule has 1 aromatic rings. The van der Waals surface area contributed by atoms with Gasteiger partial charge in [-0.3, -0.25) is 15.4 Å². The SMILES string of the molecule is COC(=O)/C(=C/c1ccc(OC(F)(F)F)cc1[N+](=O)[O-])NC(=O)OC(C)(C)C. The summed E-state index contributed by atoms with van der Waals surface area (Å²) in [6, 6.07) is 2.26. The van der Waals surface area contributed by atoms with Crippen LogP contribution in [0.4, 0.5) is 23.7 Å². The fraction of sp³-hybridized carbons (Fsp3) is 0.375. The van der Waals surface area contributed by atoms with E-state index in [1.807, 2.05) is 0 Å². The number of hydrogen-bond acceptors (Lipinski definition) is 7. The first-order chi connectivity index (χ1) is 12.7. The van der Waals surface area contributed by atoms with E-state index in [4.69, 9.17) is 4.74 Å². The Labute approximate surface area is 157 Å². The van der Waals surface area contributed by atoms with Crippen LogP contribution in [0.3, 0.4) is 0 Å². The molecule has 9 nitrogen and oxygen atoms in total. The van der Waals surface area contributed by atoms with Crippen LogP contribution in [-0.2, 0) is 14.3 Å². The second-order valence-corrected chi connectivity index (χ2v) is 6.20. The smallest absolute Gasteiger partial charge is 0.464 e. The summed E-state index contributed by atoms with van der Waals surface area (Å²) in [6.45, 7) is 4.70. The van der Waals surface area contributed by atoms with E-state index in [0.29, 0.717) is 6.07 Å². The van der Waals surface area contributed by atoms with Crippen molar-refractivity contribution in [1.82, 2.24) is 5.32 Å². The molecule has 0 unspecified atom stereocenters. The number of esters is 1. The van der Waals surface area contributed by atoms with Crippen LogP contribution >= 0.6 is 0 Å². The van der Waals surface area contributed by atoms with Crippen LogP contribution in [0.1, 0.15) is 26.3 Å². The Morgan fingerprint density at radius 1 is 1.21 bits per heavy atom. The number of nitro benzene ring substituents is 1. The molecule has 0 radical (unpaired) electrons. The van der Waals surface area contributed by atoms with Crippen LogP contribution in [-0.4, -0.2) is 36.1 Å². The Kier molecular flexibility index (Phi) is 6.97. The Morgan fingerprint density at radius 2 is 1.82 bits per heavy atom. The molecule has 0 aliphatic heterocycles. The van der Waals surface area contributed by atoms with E-state index in [-0.39, 0.29) is 5.56 Å². The van der Waals surface area contributed by atoms with Gasteiger partial charge in [-0.25, -0.2) is 9.59 Å². The van der Waals surface area contributed by atoms with Crippen molar-refractivity contribution in [2.75, 3.05) is 7.11 Å². The van der Waals surface area contributed by atoms with Crippen molar-refractivity contribution in [3.63, 3.8) is 0 Å². The number of nitrogens with zero attached hydrogens (tertiary/aromatic N) is 1. The number of halogens is 3. The molecule has 1 N–H and O–H groups in total. The molecule has 0 saturated heterocycles. The molecule has 0 aliphatic rings. The zero-order chi connectivity index (χ0) is 21.7. The van der Waals surface area contributed by atoms with Crippen molar-refractivity contribution in [1.29, 1.82) is 0 Å². The lowest BCUT2D eigenvalue weighted by atomic mass is 10.1. The minimum atomic E-state index is -5.04. The van der Waals surface area contributed by atoms with Crippen LogP contribution in [0.25, 0.3) is 6.08 Å². The van der Waals surface area contributed by atoms with E-state index in [0.717, 1.165) is 25.3 Å². The molecule has 0 spiro atoms. The monoisotopic (exact) mass is 406 g/mol. The summed E-state index contributed by atoms with van der Waals surface area (Å²) in [5.74, 6) is -1.88. The van der Waals surface area contributed by atoms with Gasteiger partial charge >= 0.3 is 18.4 Å². The number of ether oxygens (including phenoxy) is 3. The Morgan fingerprint density at radius 3 is 2.29 bits per heavy atom. The maximum atomic E-state index is 12.3. The summed E-state index contributed by atoms with van der Waals surface area (Å²) in [5, 5.41) is 13.3. The summed E-state index contributed by atoms with van der Waals surface area (Å²) in [5.41, 5.74) is -2.50. The molecular formula is C16H17F3N2O7. The van der Waals surface area contributed by atoms with Crippen molar-refractivity contribution >= 4 is 23.8 Å². The van der Waals surface area contributed by atoms with Gasteiger partial charge in [-0.1, -0.05) is 0 Å². The number of hydrogen-bond donors (Lipinski definition) is 1. The number of amides is 1. The highest BCUT2D eigenvalue weighted by Crippen LogP contribution is 2.30. The summed E-state index contributed by atoms with van der Waals surface area (Å²) in [7, 11) is 1.00. The van der Waals surface area contributed by atoms with Gasteiger partial charge in [-0.05, 0) is 39.0 Å². The van der Waals surface area contributed by atoms with Crippen molar-refractivity contribution in [3.8, 4) is 5.75 Å². The Balaban J connectivity index is 3.31. The number of benzene rings is 1. The third kappa shape index (κ3) is 7.51. The maximum absolute atomic E-state index is 12.3. The lowest BCUT2D eigenvalue weighted by Gasteiger charge is -2.20. The fourth-order valence-electron chi connectivity index (χ4n) is 1.83. The second kappa shape index (κ2) is 8.59. The van der Waals surface area contributed by atoms with Crippen molar-refractivity contribution in [3.05, 3.63) is 39.6 Å². The summed E-state index contributed by atoms with van der Waals surface area (Å²) < 4.78 is 50.0. The topological polar surface area (TPSA) is 117 Å². The van der Waals surface area contributed by atoms with Gasteiger partial charge in [0.15, 0.2) is 0 Å². The highest BCUT2D eigenvalue weighted by Gasteiger charge is 2.32. The molecule has 0 heterocycles. The maximum Gasteiger partial charge on any atom is 0.573 e. The van der Waals surface area contributed by atoms with Gasteiger partial charge in [0, 0.05) is 0 Å². The molecule has 0 bridgehead atoms. The zero-order valence-corrected chi connectivity index (χ0v) is 15.2. The van der Waals surface area contributed by atoms with E-state index in [1.54, 1.807) is 20.8 Å². The first kappa shape index (κ1) is 22.7. The molecule has 0 aromatic heterocycles. The van der Waals surface area contributed by atoms with Gasteiger partial charge in [-0.2, -0.15) is 0 Å². The highest BCUT2D eigenvalue weighted by atomic mass is 19.4. The second-order valence-electron chi connectivity index (χ2n) is 6.20. The molecule has 1 rings (SSSR count). The molecule has 28 heavy (non-hydrogen) atoms. The fourth-order valence-corrected chi connectivity index (χ4v) is 1.83. The molecule has 1 amide bonds. The minimum absolute atomic E-state index is 0.281. The van der Waals surface area contributed by atoms with Gasteiger partial charge in [-0.15, -0.1) is 13.2 Å². The lowest BCUT2D eigenvalue weighted by molar-refractivity contribution is -0.385. The number of methoxy groups -OCH3 is 1. The molecule has 0 saturated carbocycles. The van der Waals surface area contributed by atoms with Crippen molar-refractivity contribution in [2.24, 2.45) is 0 Å². The molecule has 0 fully saturated rings. The van der Waals surface area contributed by atoms with E-state index in [9.17, 15) is 32.9 Å². The van der Waals surface area contributed by atoms with Gasteiger partial charge in [0.05, 0.1) is 23.7 Å². The number of carbonyl (C=O) groups excluding carboxylic acids is 2. The predicted molar refractivity (Wildman–Crippen MR) is 89.1 cm³/mol. The average molecular weight is 406 g/mol. The van der Waals surface area contributed by atoms with Gasteiger partial charge in [0.25, 0.3) is 5.69 Å². The number of nitro groups is 1. The summed E-state index contributed by atoms with van der Waals surface area (Å²) >= 11 is 0. The Hall–Kier alpha value is -3.31. The molecule has 0 atom stereocenters. The predicted octanol–water partition coefficient (Wildman–Crippen LogP) is 3.53. The molecule has 12 heteroatoms. The van der Waals surface area contributed by atoms with Gasteiger partial charge in [0.1, 0.15) is 17.0 Å². The molecule has 1 aromatic carbocycles. The first-order valence-corrected chi connectivity index (χ1v) is 7.56. The van der Waals surface area contributed by atoms with Crippen LogP contribution in [0.5, 0.6) is 5.75 Å². The molecule has 154 valence electrons. The minimum Gasteiger partial charge on any atom is -0.464 e. The van der Waals surface area contributed by atoms with Crippen LogP contribution in [0.2, 0.25) is 0 Å². The molecular weight excluding hydrogens is 389 g/mol. The van der Waals surface area contributed by atoms with Gasteiger partial charge < -0.3 is 14.2 Å². The van der Waals surface area contributed by atoms with Crippen LogP contribution in [0, 0.1) is 10.1 Å². The highest BCUT2D eigenvalue weighted by molar-refractivity contribution is 5.97. The number of alkyl carbamates (subject to hydrolysis) is 1. The van der Waals surface area contributed by atoms with Crippen LogP contribution in [0.15, 0.2) is 23.9 Å². The van der Waals surface area contributed by atoms with Crippen molar-refractivity contribution in [2.45, 2.75) is 32.7 Å². The Bertz CT molecular complexity index is 798. The lowest BCUT2D eigenvalue weighted by Crippen LogP contribution is -2.34. The van der Waals surface area contributed by atoms with E-state index < -0.39 is 46.1 Å². The third-order valence-corrected chi connectivity index (χ3v) is 2.77. The number of rotatable bonds is 5. The third-order valence-electron chi connectivity index (χ3n) is 2.77. The molecule has 0 aliphatic carbocycles. The zero-order valence-electron chi connectivity index (χ0n) is 15.2. The van der Waals surface area contributed by atoms with Crippen LogP contribution < -0.4 is 10.1 Å². The van der Waals surface area contributed by atoms with E-state index in [1.165, 1.54) is 0 Å². The summed E-state index contributed by atoms with van der Waals surface area (Å²) in [6.07, 6.45) is -5.21. The van der Waals surface area contributed by atoms with E-state index in [2.05, 4.69) is 14.8 Å². The van der Waals surface area contributed by atoms with E-state index >= 15 is 0 Å².